The molecule has 2 rings (SSSR count). The van der Waals surface area contributed by atoms with Crippen LogP contribution in [0.5, 0.6) is 0 Å². The summed E-state index contributed by atoms with van der Waals surface area (Å²) < 4.78 is 0. The Morgan fingerprint density at radius 3 is 2.76 bits per heavy atom. The lowest BCUT2D eigenvalue weighted by atomic mass is 9.76. The number of nitrogens with zero attached hydrogens (tertiary/aromatic N) is 1. The molecular weight excluding hydrogens is 228 g/mol. The summed E-state index contributed by atoms with van der Waals surface area (Å²) in [6, 6.07) is 0. The van der Waals surface area contributed by atoms with E-state index in [1.165, 1.54) is 43.5 Å². The van der Waals surface area contributed by atoms with Crippen molar-refractivity contribution in [3.63, 3.8) is 0 Å². The zero-order chi connectivity index (χ0) is 12.1. The number of hydrogen-bond donors (Lipinski definition) is 1. The van der Waals surface area contributed by atoms with E-state index in [0.29, 0.717) is 0 Å². The average molecular weight is 252 g/mol. The first-order valence-corrected chi connectivity index (χ1v) is 7.80. The minimum absolute atomic E-state index is 0.102. The molecule has 0 bridgehead atoms. The van der Waals surface area contributed by atoms with Crippen molar-refractivity contribution in [3.05, 3.63) is 16.6 Å². The molecule has 0 spiro atoms. The van der Waals surface area contributed by atoms with Crippen LogP contribution in [0.15, 0.2) is 11.6 Å². The Balaban J connectivity index is 2.16. The van der Waals surface area contributed by atoms with Gasteiger partial charge in [-0.1, -0.05) is 26.2 Å². The Bertz CT molecular complexity index is 317. The van der Waals surface area contributed by atoms with Gasteiger partial charge in [-0.25, -0.2) is 4.98 Å². The van der Waals surface area contributed by atoms with Gasteiger partial charge in [-0.3, -0.25) is 0 Å². The lowest BCUT2D eigenvalue weighted by Gasteiger charge is -2.39. The van der Waals surface area contributed by atoms with E-state index in [9.17, 15) is 0 Å². The molecule has 0 aromatic carbocycles. The summed E-state index contributed by atoms with van der Waals surface area (Å²) in [7, 11) is 0. The van der Waals surface area contributed by atoms with E-state index in [0.717, 1.165) is 12.5 Å². The number of aromatic nitrogens is 1. The maximum atomic E-state index is 4.57. The Labute approximate surface area is 109 Å². The molecule has 3 heteroatoms. The highest BCUT2D eigenvalue weighted by molar-refractivity contribution is 7.09. The van der Waals surface area contributed by atoms with Crippen molar-refractivity contribution in [2.75, 3.05) is 6.54 Å². The summed E-state index contributed by atoms with van der Waals surface area (Å²) in [5.41, 5.74) is 0.102. The van der Waals surface area contributed by atoms with Gasteiger partial charge in [-0.05, 0) is 38.6 Å². The molecule has 96 valence electrons. The van der Waals surface area contributed by atoms with E-state index < -0.39 is 0 Å². The van der Waals surface area contributed by atoms with Gasteiger partial charge in [0.25, 0.3) is 0 Å². The van der Waals surface area contributed by atoms with Crippen LogP contribution < -0.4 is 5.32 Å². The molecule has 1 atom stereocenters. The molecule has 17 heavy (non-hydrogen) atoms. The van der Waals surface area contributed by atoms with Gasteiger partial charge in [0.1, 0.15) is 5.01 Å². The van der Waals surface area contributed by atoms with Gasteiger partial charge < -0.3 is 5.32 Å². The normalized spacial score (nSPS) is 21.3. The summed E-state index contributed by atoms with van der Waals surface area (Å²) >= 11 is 1.80. The van der Waals surface area contributed by atoms with Gasteiger partial charge in [0.15, 0.2) is 0 Å². The van der Waals surface area contributed by atoms with Crippen molar-refractivity contribution in [1.82, 2.24) is 10.3 Å². The highest BCUT2D eigenvalue weighted by atomic mass is 32.1. The van der Waals surface area contributed by atoms with Crippen molar-refractivity contribution in [1.29, 1.82) is 0 Å². The van der Waals surface area contributed by atoms with E-state index in [-0.39, 0.29) is 5.54 Å². The van der Waals surface area contributed by atoms with Crippen LogP contribution in [0.2, 0.25) is 0 Å². The predicted octanol–water partition coefficient (Wildman–Crippen LogP) is 3.94. The summed E-state index contributed by atoms with van der Waals surface area (Å²) in [5, 5.41) is 7.14. The largest absolute Gasteiger partial charge is 0.305 e. The van der Waals surface area contributed by atoms with Crippen LogP contribution in [0.4, 0.5) is 0 Å². The summed E-state index contributed by atoms with van der Waals surface area (Å²) in [4.78, 5) is 4.57. The van der Waals surface area contributed by atoms with Crippen molar-refractivity contribution in [3.8, 4) is 0 Å². The molecule has 0 aliphatic heterocycles. The van der Waals surface area contributed by atoms with Gasteiger partial charge in [-0.15, -0.1) is 11.3 Å². The first kappa shape index (κ1) is 13.0. The molecular formula is C14H24N2S. The molecule has 0 saturated heterocycles. The first-order valence-electron chi connectivity index (χ1n) is 6.92. The smallest absolute Gasteiger partial charge is 0.113 e. The highest BCUT2D eigenvalue weighted by Gasteiger charge is 2.37. The minimum Gasteiger partial charge on any atom is -0.305 e. The zero-order valence-corrected chi connectivity index (χ0v) is 11.9. The van der Waals surface area contributed by atoms with Crippen molar-refractivity contribution in [2.45, 2.75) is 57.9 Å². The Hall–Kier alpha value is -0.410. The second kappa shape index (κ2) is 5.96. The van der Waals surface area contributed by atoms with Gasteiger partial charge >= 0.3 is 0 Å². The predicted molar refractivity (Wildman–Crippen MR) is 74.3 cm³/mol. The lowest BCUT2D eigenvalue weighted by molar-refractivity contribution is 0.177. The minimum atomic E-state index is 0.102. The molecule has 1 unspecified atom stereocenters. The van der Waals surface area contributed by atoms with E-state index in [4.69, 9.17) is 0 Å². The van der Waals surface area contributed by atoms with E-state index in [1.807, 2.05) is 6.20 Å². The van der Waals surface area contributed by atoms with Crippen LogP contribution >= 0.6 is 11.3 Å². The van der Waals surface area contributed by atoms with Gasteiger partial charge in [0.05, 0.1) is 5.54 Å². The van der Waals surface area contributed by atoms with Gasteiger partial charge in [0.2, 0.25) is 0 Å². The molecule has 1 fully saturated rings. The highest BCUT2D eigenvalue weighted by Crippen LogP contribution is 2.39. The van der Waals surface area contributed by atoms with Crippen LogP contribution in [0, 0.1) is 5.92 Å². The Morgan fingerprint density at radius 1 is 1.41 bits per heavy atom. The third-order valence-electron chi connectivity index (χ3n) is 4.04. The fourth-order valence-corrected chi connectivity index (χ4v) is 3.80. The van der Waals surface area contributed by atoms with E-state index >= 15 is 0 Å². The third kappa shape index (κ3) is 2.89. The standard InChI is InChI=1S/C14H24N2S/c1-3-9-16-14(2,13-15-10-11-17-13)12-7-5-4-6-8-12/h10-12,16H,3-9H2,1-2H3. The molecule has 1 heterocycles. The van der Waals surface area contributed by atoms with Crippen LogP contribution in [-0.2, 0) is 5.54 Å². The second-order valence-corrected chi connectivity index (χ2v) is 6.20. The van der Waals surface area contributed by atoms with Crippen molar-refractivity contribution >= 4 is 11.3 Å². The summed E-state index contributed by atoms with van der Waals surface area (Å²) in [6.07, 6.45) is 10.0. The van der Waals surface area contributed by atoms with Crippen molar-refractivity contribution < 1.29 is 0 Å². The van der Waals surface area contributed by atoms with E-state index in [2.05, 4.69) is 29.5 Å². The lowest BCUT2D eigenvalue weighted by Crippen LogP contribution is -2.47. The Kier molecular flexibility index (Phi) is 4.57. The van der Waals surface area contributed by atoms with E-state index in [1.54, 1.807) is 11.3 Å². The molecule has 0 radical (unpaired) electrons. The quantitative estimate of drug-likeness (QED) is 0.858. The topological polar surface area (TPSA) is 24.9 Å². The number of hydrogen-bond acceptors (Lipinski definition) is 3. The van der Waals surface area contributed by atoms with Gasteiger partial charge in [-0.2, -0.15) is 0 Å². The van der Waals surface area contributed by atoms with Crippen LogP contribution in [0.3, 0.4) is 0 Å². The summed E-state index contributed by atoms with van der Waals surface area (Å²) in [5.74, 6) is 0.758. The first-order chi connectivity index (χ1) is 8.27. The maximum absolute atomic E-state index is 4.57. The average Bonchev–Trinajstić information content (AvgIpc) is 2.91. The molecule has 1 aromatic heterocycles. The number of nitrogens with one attached hydrogen (secondary N) is 1. The molecule has 2 nitrogen and oxygen atoms in total. The summed E-state index contributed by atoms with van der Waals surface area (Å²) in [6.45, 7) is 5.68. The van der Waals surface area contributed by atoms with Crippen LogP contribution in [-0.4, -0.2) is 11.5 Å². The second-order valence-electron chi connectivity index (χ2n) is 5.30. The molecule has 1 saturated carbocycles. The monoisotopic (exact) mass is 252 g/mol. The SMILES string of the molecule is CCCNC(C)(c1nccs1)C1CCCCC1. The molecule has 0 amide bonds. The van der Waals surface area contributed by atoms with Crippen molar-refractivity contribution in [2.24, 2.45) is 5.92 Å². The number of thiazole rings is 1. The molecule has 1 aromatic rings. The third-order valence-corrected chi connectivity index (χ3v) is 5.05. The maximum Gasteiger partial charge on any atom is 0.113 e. The van der Waals surface area contributed by atoms with Crippen LogP contribution in [0.1, 0.15) is 57.4 Å². The van der Waals surface area contributed by atoms with Gasteiger partial charge in [0, 0.05) is 11.6 Å². The molecule has 1 aliphatic rings. The molecule has 1 aliphatic carbocycles. The Morgan fingerprint density at radius 2 is 2.18 bits per heavy atom. The number of rotatable bonds is 5. The fraction of sp³-hybridized carbons (Fsp3) is 0.786. The molecule has 1 N–H and O–H groups in total. The zero-order valence-electron chi connectivity index (χ0n) is 11.0. The van der Waals surface area contributed by atoms with Crippen LogP contribution in [0.25, 0.3) is 0 Å². The fourth-order valence-electron chi connectivity index (χ4n) is 2.94.